The van der Waals surface area contributed by atoms with Crippen molar-refractivity contribution >= 4 is 23.6 Å². The molecular formula is C31H29F3N2O5. The lowest BCUT2D eigenvalue weighted by atomic mass is 10.1. The Labute approximate surface area is 236 Å². The van der Waals surface area contributed by atoms with Crippen LogP contribution in [0, 0.1) is 11.3 Å². The third-order valence-electron chi connectivity index (χ3n) is 5.93. The average molecular weight is 567 g/mol. The normalized spacial score (nSPS) is 11.1. The first-order valence-corrected chi connectivity index (χ1v) is 12.7. The summed E-state index contributed by atoms with van der Waals surface area (Å²) in [6.45, 7) is 1.73. The maximum atomic E-state index is 13.8. The number of para-hydroxylation sites is 1. The number of esters is 1. The van der Waals surface area contributed by atoms with E-state index in [1.165, 1.54) is 24.3 Å². The highest BCUT2D eigenvalue weighted by molar-refractivity contribution is 5.96. The molecule has 0 unspecified atom stereocenters. The molecule has 0 radical (unpaired) electrons. The molecule has 10 heteroatoms. The number of benzene rings is 3. The summed E-state index contributed by atoms with van der Waals surface area (Å²) in [6.07, 6.45) is -2.23. The first-order chi connectivity index (χ1) is 19.7. The van der Waals surface area contributed by atoms with Gasteiger partial charge in [0.2, 0.25) is 5.91 Å². The molecule has 214 valence electrons. The zero-order chi connectivity index (χ0) is 29.8. The maximum Gasteiger partial charge on any atom is 0.418 e. The zero-order valence-electron chi connectivity index (χ0n) is 22.6. The van der Waals surface area contributed by atoms with Crippen molar-refractivity contribution in [2.24, 2.45) is 0 Å². The molecule has 41 heavy (non-hydrogen) atoms. The first-order valence-electron chi connectivity index (χ1n) is 12.7. The fourth-order valence-electron chi connectivity index (χ4n) is 3.91. The van der Waals surface area contributed by atoms with Crippen LogP contribution in [0.5, 0.6) is 11.5 Å². The van der Waals surface area contributed by atoms with Crippen molar-refractivity contribution in [2.45, 2.75) is 32.5 Å². The lowest BCUT2D eigenvalue weighted by Gasteiger charge is -2.25. The third-order valence-corrected chi connectivity index (χ3v) is 5.93. The van der Waals surface area contributed by atoms with Crippen LogP contribution in [0.25, 0.3) is 6.08 Å². The molecule has 0 saturated heterocycles. The van der Waals surface area contributed by atoms with E-state index < -0.39 is 23.6 Å². The summed E-state index contributed by atoms with van der Waals surface area (Å²) in [5, 5.41) is 9.37. The number of methoxy groups -OCH3 is 1. The number of alkyl halides is 3. The number of halogens is 3. The molecule has 0 aliphatic rings. The number of anilines is 1. The van der Waals surface area contributed by atoms with Gasteiger partial charge in [-0.15, -0.1) is 0 Å². The molecule has 0 aliphatic carbocycles. The van der Waals surface area contributed by atoms with Crippen LogP contribution in [0.2, 0.25) is 0 Å². The second-order valence-corrected chi connectivity index (χ2v) is 8.73. The fraction of sp³-hybridized carbons (Fsp3) is 0.258. The van der Waals surface area contributed by atoms with Gasteiger partial charge in [-0.25, -0.2) is 0 Å². The molecule has 0 aliphatic heterocycles. The topological polar surface area (TPSA) is 88.9 Å². The number of hydrogen-bond acceptors (Lipinski definition) is 6. The zero-order valence-corrected chi connectivity index (χ0v) is 22.6. The molecule has 0 saturated carbocycles. The summed E-state index contributed by atoms with van der Waals surface area (Å²) in [5.74, 6) is -0.162. The number of hydrogen-bond donors (Lipinski definition) is 0. The monoisotopic (exact) mass is 566 g/mol. The second-order valence-electron chi connectivity index (χ2n) is 8.73. The molecule has 0 atom stereocenters. The van der Waals surface area contributed by atoms with Gasteiger partial charge in [0.25, 0.3) is 0 Å². The average Bonchev–Trinajstić information content (AvgIpc) is 2.97. The van der Waals surface area contributed by atoms with Gasteiger partial charge in [0.05, 0.1) is 43.0 Å². The van der Waals surface area contributed by atoms with Crippen molar-refractivity contribution in [3.8, 4) is 17.6 Å². The van der Waals surface area contributed by atoms with Crippen LogP contribution in [-0.4, -0.2) is 32.1 Å². The minimum atomic E-state index is -4.70. The molecule has 0 fully saturated rings. The molecule has 0 heterocycles. The van der Waals surface area contributed by atoms with Gasteiger partial charge in [-0.05, 0) is 55.0 Å². The summed E-state index contributed by atoms with van der Waals surface area (Å²) in [5.41, 5.74) is 0.409. The molecule has 3 aromatic carbocycles. The van der Waals surface area contributed by atoms with Gasteiger partial charge in [-0.3, -0.25) is 9.59 Å². The van der Waals surface area contributed by atoms with Gasteiger partial charge in [0.15, 0.2) is 0 Å². The number of nitrogens with zero attached hydrogens (tertiary/aromatic N) is 2. The van der Waals surface area contributed by atoms with E-state index in [0.29, 0.717) is 22.6 Å². The number of carbonyl (C=O) groups excluding carboxylic acids is 2. The fourth-order valence-corrected chi connectivity index (χ4v) is 3.91. The van der Waals surface area contributed by atoms with E-state index in [9.17, 15) is 28.0 Å². The Morgan fingerprint density at radius 3 is 2.41 bits per heavy atom. The van der Waals surface area contributed by atoms with Gasteiger partial charge in [-0.2, -0.15) is 18.4 Å². The Morgan fingerprint density at radius 2 is 1.76 bits per heavy atom. The number of amides is 1. The minimum Gasteiger partial charge on any atom is -0.497 e. The van der Waals surface area contributed by atoms with Gasteiger partial charge in [-0.1, -0.05) is 36.4 Å². The van der Waals surface area contributed by atoms with Crippen molar-refractivity contribution in [1.29, 1.82) is 5.26 Å². The van der Waals surface area contributed by atoms with E-state index in [4.69, 9.17) is 14.2 Å². The van der Waals surface area contributed by atoms with Crippen LogP contribution >= 0.6 is 0 Å². The predicted molar refractivity (Wildman–Crippen MR) is 147 cm³/mol. The van der Waals surface area contributed by atoms with E-state index in [0.717, 1.165) is 16.5 Å². The largest absolute Gasteiger partial charge is 0.497 e. The predicted octanol–water partition coefficient (Wildman–Crippen LogP) is 6.55. The Morgan fingerprint density at radius 1 is 1.02 bits per heavy atom. The van der Waals surface area contributed by atoms with Crippen molar-refractivity contribution in [3.05, 3.63) is 95.1 Å². The van der Waals surface area contributed by atoms with Crippen LogP contribution in [0.3, 0.4) is 0 Å². The molecule has 0 aromatic heterocycles. The standard InChI is InChI=1S/C31H29F3N2O5/c1-3-40-30(38)17-16-29(37)36(27-9-5-4-8-26(27)31(32,33)34)18-6-7-24-19-23(20-35)12-15-28(24)41-21-22-10-13-25(39-2)14-11-22/h4-15,19H,3,16-18,21H2,1-2H3. The van der Waals surface area contributed by atoms with E-state index in [1.807, 2.05) is 18.2 Å². The van der Waals surface area contributed by atoms with E-state index >= 15 is 0 Å². The van der Waals surface area contributed by atoms with Crippen molar-refractivity contribution in [1.82, 2.24) is 0 Å². The smallest absolute Gasteiger partial charge is 0.418 e. The summed E-state index contributed by atoms with van der Waals surface area (Å²) >= 11 is 0. The quantitative estimate of drug-likeness (QED) is 0.231. The van der Waals surface area contributed by atoms with Gasteiger partial charge in [0, 0.05) is 18.5 Å². The van der Waals surface area contributed by atoms with Crippen LogP contribution in [-0.2, 0) is 27.1 Å². The van der Waals surface area contributed by atoms with E-state index in [2.05, 4.69) is 0 Å². The Kier molecular flexibility index (Phi) is 10.9. The van der Waals surface area contributed by atoms with Crippen LogP contribution in [0.15, 0.2) is 72.8 Å². The van der Waals surface area contributed by atoms with E-state index in [1.54, 1.807) is 50.4 Å². The van der Waals surface area contributed by atoms with E-state index in [-0.39, 0.29) is 38.3 Å². The SMILES string of the molecule is CCOC(=O)CCC(=O)N(CC=Cc1cc(C#N)ccc1OCc1ccc(OC)cc1)c1ccccc1C(F)(F)F. The summed E-state index contributed by atoms with van der Waals surface area (Å²) in [7, 11) is 1.57. The molecular weight excluding hydrogens is 537 g/mol. The summed E-state index contributed by atoms with van der Waals surface area (Å²) < 4.78 is 57.3. The Bertz CT molecular complexity index is 1410. The number of carbonyl (C=O) groups is 2. The van der Waals surface area contributed by atoms with Crippen molar-refractivity contribution in [3.63, 3.8) is 0 Å². The molecule has 0 bridgehead atoms. The molecule has 3 aromatic rings. The Hall–Kier alpha value is -4.78. The maximum absolute atomic E-state index is 13.8. The van der Waals surface area contributed by atoms with Gasteiger partial charge < -0.3 is 19.1 Å². The molecule has 0 N–H and O–H groups in total. The second kappa shape index (κ2) is 14.6. The molecule has 0 spiro atoms. The highest BCUT2D eigenvalue weighted by Gasteiger charge is 2.35. The van der Waals surface area contributed by atoms with Crippen LogP contribution < -0.4 is 14.4 Å². The van der Waals surface area contributed by atoms with Crippen LogP contribution in [0.1, 0.15) is 42.0 Å². The highest BCUT2D eigenvalue weighted by atomic mass is 19.4. The number of ether oxygens (including phenoxy) is 3. The highest BCUT2D eigenvalue weighted by Crippen LogP contribution is 2.37. The first kappa shape index (κ1) is 30.8. The molecule has 3 rings (SSSR count). The summed E-state index contributed by atoms with van der Waals surface area (Å²) in [4.78, 5) is 25.9. The Balaban J connectivity index is 1.87. The van der Waals surface area contributed by atoms with Gasteiger partial charge in [0.1, 0.15) is 18.1 Å². The molecule has 7 nitrogen and oxygen atoms in total. The third kappa shape index (κ3) is 8.86. The summed E-state index contributed by atoms with van der Waals surface area (Å²) in [6, 6.07) is 18.9. The van der Waals surface area contributed by atoms with Crippen LogP contribution in [0.4, 0.5) is 18.9 Å². The lowest BCUT2D eigenvalue weighted by molar-refractivity contribution is -0.144. The van der Waals surface area contributed by atoms with Crippen molar-refractivity contribution < 1.29 is 37.0 Å². The van der Waals surface area contributed by atoms with Crippen molar-refractivity contribution in [2.75, 3.05) is 25.2 Å². The number of rotatable bonds is 12. The van der Waals surface area contributed by atoms with Gasteiger partial charge >= 0.3 is 12.1 Å². The minimum absolute atomic E-state index is 0.126. The lowest BCUT2D eigenvalue weighted by Crippen LogP contribution is -2.33. The molecule has 1 amide bonds. The number of nitriles is 1.